The second kappa shape index (κ2) is 6.04. The Kier molecular flexibility index (Phi) is 5.20. The van der Waals surface area contributed by atoms with E-state index in [4.69, 9.17) is 17.3 Å². The van der Waals surface area contributed by atoms with Gasteiger partial charge in [0.25, 0.3) is 5.91 Å². The Labute approximate surface area is 118 Å². The molecule has 1 aromatic heterocycles. The number of hydrogen-bond donors (Lipinski definition) is 2. The van der Waals surface area contributed by atoms with Crippen LogP contribution < -0.4 is 11.1 Å². The zero-order valence-electron chi connectivity index (χ0n) is 11.3. The molecule has 0 saturated carbocycles. The van der Waals surface area contributed by atoms with Gasteiger partial charge in [-0.15, -0.1) is 11.3 Å². The average molecular weight is 289 g/mol. The summed E-state index contributed by atoms with van der Waals surface area (Å²) in [6.45, 7) is 8.51. The zero-order valence-corrected chi connectivity index (χ0v) is 12.9. The van der Waals surface area contributed by atoms with Gasteiger partial charge in [0.1, 0.15) is 4.88 Å². The highest BCUT2D eigenvalue weighted by atomic mass is 35.5. The molecule has 102 valence electrons. The van der Waals surface area contributed by atoms with Crippen molar-refractivity contribution in [3.63, 3.8) is 0 Å². The fourth-order valence-corrected chi connectivity index (χ4v) is 3.17. The number of rotatable bonds is 5. The number of nitrogens with two attached hydrogens (primary N) is 1. The Morgan fingerprint density at radius 1 is 1.61 bits per heavy atom. The first-order chi connectivity index (χ1) is 8.29. The molecule has 0 bridgehead atoms. The van der Waals surface area contributed by atoms with E-state index in [-0.39, 0.29) is 11.4 Å². The summed E-state index contributed by atoms with van der Waals surface area (Å²) >= 11 is 7.47. The van der Waals surface area contributed by atoms with Crippen molar-refractivity contribution >= 4 is 28.8 Å². The molecule has 0 aliphatic heterocycles. The molecule has 5 heteroatoms. The van der Waals surface area contributed by atoms with Crippen LogP contribution in [0.1, 0.15) is 42.4 Å². The maximum Gasteiger partial charge on any atom is 0.263 e. The highest BCUT2D eigenvalue weighted by molar-refractivity contribution is 7.13. The van der Waals surface area contributed by atoms with Crippen molar-refractivity contribution in [2.24, 2.45) is 11.7 Å². The van der Waals surface area contributed by atoms with Crippen LogP contribution in [-0.4, -0.2) is 18.0 Å². The van der Waals surface area contributed by atoms with E-state index in [0.29, 0.717) is 22.4 Å². The molecular formula is C13H21ClN2OS. The molecule has 0 spiro atoms. The van der Waals surface area contributed by atoms with E-state index < -0.39 is 0 Å². The van der Waals surface area contributed by atoms with Crippen LogP contribution in [0.25, 0.3) is 0 Å². The number of thiophene rings is 1. The number of aryl methyl sites for hydroxylation is 1. The van der Waals surface area contributed by atoms with E-state index >= 15 is 0 Å². The third-order valence-corrected chi connectivity index (χ3v) is 4.53. The monoisotopic (exact) mass is 288 g/mol. The molecule has 1 amide bonds. The van der Waals surface area contributed by atoms with Crippen LogP contribution in [0, 0.1) is 12.8 Å². The normalized spacial score (nSPS) is 14.6. The molecule has 1 aromatic rings. The van der Waals surface area contributed by atoms with Crippen molar-refractivity contribution in [2.75, 3.05) is 6.54 Å². The molecule has 0 aliphatic carbocycles. The Morgan fingerprint density at radius 3 is 2.61 bits per heavy atom. The Hall–Kier alpha value is -0.580. The zero-order chi connectivity index (χ0) is 13.9. The van der Waals surface area contributed by atoms with Crippen LogP contribution in [0.5, 0.6) is 0 Å². The Balaban J connectivity index is 2.83. The van der Waals surface area contributed by atoms with E-state index in [1.807, 2.05) is 19.2 Å². The second-order valence-corrected chi connectivity index (χ2v) is 6.64. The van der Waals surface area contributed by atoms with Gasteiger partial charge in [0, 0.05) is 6.54 Å². The van der Waals surface area contributed by atoms with Crippen molar-refractivity contribution < 1.29 is 4.79 Å². The lowest BCUT2D eigenvalue weighted by Gasteiger charge is -2.31. The minimum Gasteiger partial charge on any atom is -0.345 e. The number of nitrogens with one attached hydrogen (secondary N) is 1. The van der Waals surface area contributed by atoms with Crippen molar-refractivity contribution in [1.82, 2.24) is 5.32 Å². The molecule has 3 nitrogen and oxygen atoms in total. The minimum absolute atomic E-state index is 0.133. The van der Waals surface area contributed by atoms with Crippen LogP contribution in [0.15, 0.2) is 5.38 Å². The average Bonchev–Trinajstić information content (AvgIpc) is 2.58. The van der Waals surface area contributed by atoms with Crippen LogP contribution >= 0.6 is 22.9 Å². The van der Waals surface area contributed by atoms with Crippen LogP contribution in [-0.2, 0) is 0 Å². The second-order valence-electron chi connectivity index (χ2n) is 5.38. The molecule has 1 unspecified atom stereocenters. The summed E-state index contributed by atoms with van der Waals surface area (Å²) in [6, 6.07) is 0. The molecule has 0 aliphatic rings. The minimum atomic E-state index is -0.382. The van der Waals surface area contributed by atoms with Crippen molar-refractivity contribution in [3.8, 4) is 0 Å². The fourth-order valence-electron chi connectivity index (χ4n) is 2.00. The quantitative estimate of drug-likeness (QED) is 0.874. The molecule has 1 atom stereocenters. The molecule has 1 heterocycles. The largest absolute Gasteiger partial charge is 0.345 e. The lowest BCUT2D eigenvalue weighted by Crippen LogP contribution is -2.52. The lowest BCUT2D eigenvalue weighted by molar-refractivity contribution is 0.0902. The summed E-state index contributed by atoms with van der Waals surface area (Å²) in [4.78, 5) is 12.8. The van der Waals surface area contributed by atoms with Gasteiger partial charge in [-0.05, 0) is 37.1 Å². The highest BCUT2D eigenvalue weighted by Gasteiger charge is 2.27. The predicted molar refractivity (Wildman–Crippen MR) is 78.4 cm³/mol. The van der Waals surface area contributed by atoms with Gasteiger partial charge in [0.2, 0.25) is 0 Å². The number of carbonyl (C=O) groups is 1. The van der Waals surface area contributed by atoms with Crippen LogP contribution in [0.4, 0.5) is 0 Å². The summed E-state index contributed by atoms with van der Waals surface area (Å²) in [5, 5.41) is 5.44. The Morgan fingerprint density at radius 2 is 2.22 bits per heavy atom. The van der Waals surface area contributed by atoms with Gasteiger partial charge in [-0.1, -0.05) is 25.4 Å². The maximum absolute atomic E-state index is 12.2. The van der Waals surface area contributed by atoms with E-state index in [0.717, 1.165) is 12.0 Å². The number of amides is 1. The Bertz CT molecular complexity index is 431. The molecule has 0 saturated heterocycles. The van der Waals surface area contributed by atoms with E-state index in [1.165, 1.54) is 11.3 Å². The topological polar surface area (TPSA) is 55.1 Å². The molecule has 0 fully saturated rings. The van der Waals surface area contributed by atoms with Gasteiger partial charge < -0.3 is 11.1 Å². The molecule has 1 rings (SSSR count). The fraction of sp³-hybridized carbons (Fsp3) is 0.615. The third kappa shape index (κ3) is 3.70. The molecule has 0 radical (unpaired) electrons. The predicted octanol–water partition coefficient (Wildman–Crippen LogP) is 3.20. The highest BCUT2D eigenvalue weighted by Crippen LogP contribution is 2.28. The molecule has 3 N–H and O–H groups in total. The van der Waals surface area contributed by atoms with Gasteiger partial charge >= 0.3 is 0 Å². The number of halogens is 1. The molecular weight excluding hydrogens is 268 g/mol. The van der Waals surface area contributed by atoms with Crippen LogP contribution in [0.3, 0.4) is 0 Å². The van der Waals surface area contributed by atoms with Crippen LogP contribution in [0.2, 0.25) is 5.02 Å². The standard InChI is InChI=1S/C13H21ClN2OS/c1-8(2)5-13(4,7-15)16-12(17)11-10(14)9(3)6-18-11/h6,8H,5,7,15H2,1-4H3,(H,16,17). The maximum atomic E-state index is 12.2. The summed E-state index contributed by atoms with van der Waals surface area (Å²) < 4.78 is 0. The first-order valence-corrected chi connectivity index (χ1v) is 7.31. The third-order valence-electron chi connectivity index (χ3n) is 2.83. The van der Waals surface area contributed by atoms with E-state index in [2.05, 4.69) is 19.2 Å². The van der Waals surface area contributed by atoms with Crippen molar-refractivity contribution in [1.29, 1.82) is 0 Å². The smallest absolute Gasteiger partial charge is 0.263 e. The summed E-state index contributed by atoms with van der Waals surface area (Å²) in [6.07, 6.45) is 0.844. The van der Waals surface area contributed by atoms with Gasteiger partial charge in [-0.2, -0.15) is 0 Å². The van der Waals surface area contributed by atoms with Gasteiger partial charge in [-0.3, -0.25) is 4.79 Å². The van der Waals surface area contributed by atoms with Gasteiger partial charge in [0.15, 0.2) is 0 Å². The van der Waals surface area contributed by atoms with E-state index in [1.54, 1.807) is 0 Å². The molecule has 0 aromatic carbocycles. The SMILES string of the molecule is Cc1csc(C(=O)NC(C)(CN)CC(C)C)c1Cl. The summed E-state index contributed by atoms with van der Waals surface area (Å²) in [5.74, 6) is 0.339. The van der Waals surface area contributed by atoms with Gasteiger partial charge in [0.05, 0.1) is 10.6 Å². The summed E-state index contributed by atoms with van der Waals surface area (Å²) in [5.41, 5.74) is 6.33. The summed E-state index contributed by atoms with van der Waals surface area (Å²) in [7, 11) is 0. The van der Waals surface area contributed by atoms with Gasteiger partial charge in [-0.25, -0.2) is 0 Å². The number of hydrogen-bond acceptors (Lipinski definition) is 3. The number of carbonyl (C=O) groups excluding carboxylic acids is 1. The lowest BCUT2D eigenvalue weighted by atomic mass is 9.90. The molecule has 18 heavy (non-hydrogen) atoms. The first kappa shape index (κ1) is 15.5. The first-order valence-electron chi connectivity index (χ1n) is 6.05. The van der Waals surface area contributed by atoms with E-state index in [9.17, 15) is 4.79 Å². The van der Waals surface area contributed by atoms with Crippen molar-refractivity contribution in [3.05, 3.63) is 20.8 Å². The van der Waals surface area contributed by atoms with Crippen molar-refractivity contribution in [2.45, 2.75) is 39.7 Å².